The molecule has 3 rings (SSSR count). The highest BCUT2D eigenvalue weighted by molar-refractivity contribution is 6.31. The van der Waals surface area contributed by atoms with Gasteiger partial charge in [-0.25, -0.2) is 14.4 Å². The summed E-state index contributed by atoms with van der Waals surface area (Å²) in [4.78, 5) is 35.9. The van der Waals surface area contributed by atoms with Gasteiger partial charge < -0.3 is 35.8 Å². The molecule has 3 aromatic rings. The summed E-state index contributed by atoms with van der Waals surface area (Å²) in [6.07, 6.45) is 3.96. The first-order chi connectivity index (χ1) is 23.3. The van der Waals surface area contributed by atoms with Gasteiger partial charge in [-0.2, -0.15) is 0 Å². The average molecular weight is 720 g/mol. The van der Waals surface area contributed by atoms with Gasteiger partial charge in [-0.05, 0) is 57.4 Å². The van der Waals surface area contributed by atoms with Crippen LogP contribution in [0.4, 0.5) is 33.1 Å². The zero-order chi connectivity index (χ0) is 36.7. The van der Waals surface area contributed by atoms with E-state index < -0.39 is 5.63 Å². The minimum Gasteiger partial charge on any atom is -0.494 e. The van der Waals surface area contributed by atoms with Crippen LogP contribution in [0.1, 0.15) is 44.4 Å². The first-order valence-electron chi connectivity index (χ1n) is 15.8. The van der Waals surface area contributed by atoms with Crippen molar-refractivity contribution < 1.29 is 18.7 Å². The molecule has 0 aliphatic heterocycles. The molecule has 0 aliphatic carbocycles. The molecule has 49 heavy (non-hydrogen) atoms. The van der Waals surface area contributed by atoms with E-state index in [2.05, 4.69) is 68.1 Å². The number of aromatic nitrogens is 2. The number of benzene rings is 2. The van der Waals surface area contributed by atoms with Crippen LogP contribution in [0, 0.1) is 5.92 Å². The van der Waals surface area contributed by atoms with E-state index in [0.29, 0.717) is 46.1 Å². The Morgan fingerprint density at radius 2 is 1.78 bits per heavy atom. The fourth-order valence-corrected chi connectivity index (χ4v) is 5.15. The molecule has 0 fully saturated rings. The summed E-state index contributed by atoms with van der Waals surface area (Å²) in [5.41, 5.74) is 2.87. The van der Waals surface area contributed by atoms with Crippen LogP contribution < -0.4 is 30.9 Å². The van der Waals surface area contributed by atoms with Crippen LogP contribution in [0.5, 0.6) is 5.75 Å². The molecule has 2 aromatic carbocycles. The predicted octanol–water partition coefficient (Wildman–Crippen LogP) is 6.88. The van der Waals surface area contributed by atoms with Gasteiger partial charge in [0.15, 0.2) is 6.29 Å². The van der Waals surface area contributed by atoms with Gasteiger partial charge in [0.05, 0.1) is 47.1 Å². The summed E-state index contributed by atoms with van der Waals surface area (Å²) in [6, 6.07) is 11.4. The summed E-state index contributed by atoms with van der Waals surface area (Å²) in [5.74, 6) is 1.04. The standard InChI is InChI=1S/C33H47ClN8O2.C2H2ClFO/c1-10-36-25-14-12-11-13-23(25)22(4)31-24(34)20-37-33(40-31)39-27-18-26(38-32(43)28(35-5)17-21(2)3)29(19-30(27)44-9)42(8)16-15-41(6)7;3-2(4)1-5/h10-14,18-22,28,35-36H,1,15-17H2,2-9H3,(H,38,43)(H,37,39,40);1-2H/t22?,28-;/m0./s1. The lowest BCUT2D eigenvalue weighted by atomic mass is 9.95. The topological polar surface area (TPSA) is 124 Å². The number of amides is 1. The number of nitrogens with one attached hydrogen (secondary N) is 4. The molecular formula is C35H49Cl2FN8O3. The van der Waals surface area contributed by atoms with Gasteiger partial charge in [-0.15, -0.1) is 0 Å². The van der Waals surface area contributed by atoms with E-state index >= 15 is 0 Å². The summed E-state index contributed by atoms with van der Waals surface area (Å²) in [7, 11) is 9.48. The number of anilines is 5. The molecule has 14 heteroatoms. The lowest BCUT2D eigenvalue weighted by Crippen LogP contribution is -2.39. The highest BCUT2D eigenvalue weighted by Gasteiger charge is 2.23. The maximum atomic E-state index is 13.4. The van der Waals surface area contributed by atoms with Crippen molar-refractivity contribution in [2.75, 3.05) is 69.2 Å². The highest BCUT2D eigenvalue weighted by Crippen LogP contribution is 2.39. The second-order valence-corrected chi connectivity index (χ2v) is 12.8. The number of alkyl halides is 2. The number of likely N-dealkylation sites (N-methyl/N-ethyl adjacent to an activating group) is 3. The number of aldehydes is 1. The van der Waals surface area contributed by atoms with Crippen molar-refractivity contribution in [3.8, 4) is 5.75 Å². The van der Waals surface area contributed by atoms with E-state index in [9.17, 15) is 9.18 Å². The van der Waals surface area contributed by atoms with Crippen LogP contribution in [0.2, 0.25) is 5.02 Å². The van der Waals surface area contributed by atoms with Crippen LogP contribution in [0.15, 0.2) is 55.4 Å². The number of carbonyl (C=O) groups is 2. The molecule has 0 saturated heterocycles. The smallest absolute Gasteiger partial charge is 0.241 e. The number of hydrogen-bond donors (Lipinski definition) is 4. The molecule has 1 amide bonds. The molecule has 0 radical (unpaired) electrons. The average Bonchev–Trinajstić information content (AvgIpc) is 3.07. The third-order valence-electron chi connectivity index (χ3n) is 7.46. The summed E-state index contributed by atoms with van der Waals surface area (Å²) in [6.45, 7) is 11.6. The molecule has 0 saturated carbocycles. The number of para-hydroxylation sites is 1. The van der Waals surface area contributed by atoms with Crippen LogP contribution in [-0.4, -0.2) is 87.1 Å². The SMILES string of the molecule is C=CNc1ccccc1C(C)c1nc(Nc2cc(NC(=O)[C@H](CC(C)C)NC)c(N(C)CCN(C)C)cc2OC)ncc1Cl.O=CC(F)Cl. The maximum Gasteiger partial charge on any atom is 0.241 e. The van der Waals surface area contributed by atoms with E-state index in [1.165, 1.54) is 0 Å². The van der Waals surface area contributed by atoms with Crippen molar-refractivity contribution in [3.63, 3.8) is 0 Å². The van der Waals surface area contributed by atoms with Gasteiger partial charge in [-0.1, -0.05) is 68.8 Å². The summed E-state index contributed by atoms with van der Waals surface area (Å²) < 4.78 is 16.6. The zero-order valence-electron chi connectivity index (χ0n) is 29.5. The molecule has 268 valence electrons. The Hall–Kier alpha value is -3.97. The molecule has 0 bridgehead atoms. The Balaban J connectivity index is 0.00000155. The second-order valence-electron chi connectivity index (χ2n) is 11.9. The molecule has 11 nitrogen and oxygen atoms in total. The molecule has 3 atom stereocenters. The summed E-state index contributed by atoms with van der Waals surface area (Å²) in [5, 5.41) is 13.3. The quantitative estimate of drug-likeness (QED) is 0.0868. The number of hydrogen-bond acceptors (Lipinski definition) is 10. The Morgan fingerprint density at radius 3 is 2.35 bits per heavy atom. The van der Waals surface area contributed by atoms with Gasteiger partial charge in [-0.3, -0.25) is 9.59 Å². The molecule has 0 spiro atoms. The molecule has 1 heterocycles. The molecule has 2 unspecified atom stereocenters. The van der Waals surface area contributed by atoms with Crippen molar-refractivity contribution in [2.45, 2.75) is 44.8 Å². The molecule has 1 aromatic heterocycles. The number of rotatable bonds is 17. The largest absolute Gasteiger partial charge is 0.494 e. The van der Waals surface area contributed by atoms with Crippen LogP contribution in [0.3, 0.4) is 0 Å². The normalized spacial score (nSPS) is 12.7. The second kappa shape index (κ2) is 20.5. The minimum atomic E-state index is -1.82. The van der Waals surface area contributed by atoms with E-state index in [4.69, 9.17) is 26.1 Å². The number of nitrogens with zero attached hydrogens (tertiary/aromatic N) is 4. The fraction of sp³-hybridized carbons (Fsp3) is 0.429. The van der Waals surface area contributed by atoms with Crippen LogP contribution >= 0.6 is 23.2 Å². The first kappa shape index (κ1) is 41.2. The number of methoxy groups -OCH3 is 1. The van der Waals surface area contributed by atoms with Crippen molar-refractivity contribution in [3.05, 3.63) is 71.7 Å². The monoisotopic (exact) mass is 718 g/mol. The van der Waals surface area contributed by atoms with Crippen LogP contribution in [-0.2, 0) is 9.59 Å². The van der Waals surface area contributed by atoms with Gasteiger partial charge in [0, 0.05) is 37.8 Å². The Labute approximate surface area is 299 Å². The maximum absolute atomic E-state index is 13.4. The van der Waals surface area contributed by atoms with E-state index in [1.807, 2.05) is 64.5 Å². The zero-order valence-corrected chi connectivity index (χ0v) is 31.0. The Kier molecular flexibility index (Phi) is 17.3. The van der Waals surface area contributed by atoms with Crippen molar-refractivity contribution in [2.24, 2.45) is 5.92 Å². The van der Waals surface area contributed by atoms with Gasteiger partial charge in [0.25, 0.3) is 0 Å². The van der Waals surface area contributed by atoms with Crippen molar-refractivity contribution in [1.29, 1.82) is 0 Å². The van der Waals surface area contributed by atoms with Crippen molar-refractivity contribution in [1.82, 2.24) is 20.2 Å². The minimum absolute atomic E-state index is 0.0154. The van der Waals surface area contributed by atoms with Gasteiger partial charge >= 0.3 is 0 Å². The Morgan fingerprint density at radius 1 is 1.10 bits per heavy atom. The fourth-order valence-electron chi connectivity index (χ4n) is 4.90. The highest BCUT2D eigenvalue weighted by atomic mass is 35.5. The van der Waals surface area contributed by atoms with E-state index in [-0.39, 0.29) is 24.2 Å². The first-order valence-corrected chi connectivity index (χ1v) is 16.6. The molecule has 4 N–H and O–H groups in total. The Bertz CT molecular complexity index is 1530. The van der Waals surface area contributed by atoms with Gasteiger partial charge in [0.2, 0.25) is 17.5 Å². The number of ether oxygens (including phenoxy) is 1. The van der Waals surface area contributed by atoms with E-state index in [0.717, 1.165) is 30.0 Å². The lowest BCUT2D eigenvalue weighted by Gasteiger charge is -2.27. The molecule has 0 aliphatic rings. The third-order valence-corrected chi connectivity index (χ3v) is 7.85. The van der Waals surface area contributed by atoms with E-state index in [1.54, 1.807) is 26.6 Å². The predicted molar refractivity (Wildman–Crippen MR) is 201 cm³/mol. The van der Waals surface area contributed by atoms with Gasteiger partial charge in [0.1, 0.15) is 5.75 Å². The van der Waals surface area contributed by atoms with Crippen molar-refractivity contribution >= 4 is 64.1 Å². The number of halogens is 3. The summed E-state index contributed by atoms with van der Waals surface area (Å²) >= 11 is 11.0. The lowest BCUT2D eigenvalue weighted by molar-refractivity contribution is -0.118. The number of carbonyl (C=O) groups excluding carboxylic acids is 2. The van der Waals surface area contributed by atoms with Crippen LogP contribution in [0.25, 0.3) is 0 Å². The third kappa shape index (κ3) is 12.8. The molecular weight excluding hydrogens is 670 g/mol.